The van der Waals surface area contributed by atoms with Gasteiger partial charge in [-0.25, -0.2) is 0 Å². The Morgan fingerprint density at radius 3 is 2.89 bits per heavy atom. The lowest BCUT2D eigenvalue weighted by Crippen LogP contribution is -2.35. The van der Waals surface area contributed by atoms with Crippen LogP contribution in [0.5, 0.6) is 5.75 Å². The van der Waals surface area contributed by atoms with Crippen molar-refractivity contribution in [1.29, 1.82) is 0 Å². The van der Waals surface area contributed by atoms with E-state index in [4.69, 9.17) is 21.2 Å². The van der Waals surface area contributed by atoms with Crippen molar-refractivity contribution < 1.29 is 31.0 Å². The molecule has 2 atom stereocenters. The number of hydrogen-bond donors (Lipinski definition) is 2. The van der Waals surface area contributed by atoms with Crippen LogP contribution in [0.15, 0.2) is 24.3 Å². The summed E-state index contributed by atoms with van der Waals surface area (Å²) in [6.07, 6.45) is -4.61. The average Bonchev–Trinajstić information content (AvgIpc) is 2.56. The Labute approximate surface area is 132 Å². The summed E-state index contributed by atoms with van der Waals surface area (Å²) in [5, 5.41) is 12.5. The molecule has 4 heteroatoms. The van der Waals surface area contributed by atoms with Crippen LogP contribution in [-0.4, -0.2) is 44.0 Å². The zero-order valence-corrected chi connectivity index (χ0v) is 10.4. The maximum absolute atomic E-state index is 10.0. The van der Waals surface area contributed by atoms with E-state index in [2.05, 4.69) is 10.1 Å². The van der Waals surface area contributed by atoms with Crippen LogP contribution in [0.2, 0.25) is 0 Å². The Bertz CT molecular complexity index is 717. The Kier molecular flexibility index (Phi) is 2.68. The second kappa shape index (κ2) is 8.91. The first-order chi connectivity index (χ1) is 13.7. The van der Waals surface area contributed by atoms with E-state index >= 15 is 0 Å². The molecular weight excluding hydrogens is 242 g/mol. The molecule has 2 N–H and O–H groups in total. The number of ether oxygens (including phenoxy) is 2. The van der Waals surface area contributed by atoms with Crippen molar-refractivity contribution in [2.75, 3.05) is 26.7 Å². The van der Waals surface area contributed by atoms with Crippen LogP contribution in [0.25, 0.3) is 0 Å². The highest BCUT2D eigenvalue weighted by Crippen LogP contribution is 2.12. The largest absolute Gasteiger partial charge is 0.491 e. The second-order valence-electron chi connectivity index (χ2n) is 3.72. The Balaban J connectivity index is 2.89. The van der Waals surface area contributed by atoms with Gasteiger partial charge in [0, 0.05) is 26.5 Å². The molecule has 19 heavy (non-hydrogen) atoms. The number of rotatable bonds is 9. The highest BCUT2D eigenvalue weighted by Gasteiger charge is 2.05. The standard InChI is InChI=1S/C15H25NO3/c1-12(2)16-10-14(17)11-19-15-6-4-13(5-7-15)8-9-18-3/h4-7,12,14,16-17H,8-11H2,1-3H3/i1D3,3D3,8D2,9D2,11D2. The fraction of sp³-hybridized carbons (Fsp3) is 0.600. The van der Waals surface area contributed by atoms with Crippen LogP contribution in [0.4, 0.5) is 0 Å². The number of benzene rings is 1. The summed E-state index contributed by atoms with van der Waals surface area (Å²) >= 11 is 0. The Morgan fingerprint density at radius 1 is 1.42 bits per heavy atom. The number of hydrogen-bond acceptors (Lipinski definition) is 4. The molecule has 0 amide bonds. The van der Waals surface area contributed by atoms with E-state index in [0.717, 1.165) is 24.3 Å². The van der Waals surface area contributed by atoms with Crippen LogP contribution in [-0.2, 0) is 11.1 Å². The smallest absolute Gasteiger partial charge is 0.119 e. The van der Waals surface area contributed by atoms with Gasteiger partial charge in [-0.2, -0.15) is 0 Å². The molecule has 0 fully saturated rings. The summed E-state index contributed by atoms with van der Waals surface area (Å²) in [6.45, 7) is -7.23. The minimum absolute atomic E-state index is 0.134. The van der Waals surface area contributed by atoms with Gasteiger partial charge in [0.05, 0.1) is 16.2 Å². The molecule has 0 saturated heterocycles. The molecule has 1 rings (SSSR count). The van der Waals surface area contributed by atoms with Gasteiger partial charge in [-0.1, -0.05) is 25.9 Å². The molecule has 0 saturated carbocycles. The lowest BCUT2D eigenvalue weighted by Gasteiger charge is -2.15. The van der Waals surface area contributed by atoms with E-state index in [9.17, 15) is 5.11 Å². The van der Waals surface area contributed by atoms with Crippen molar-refractivity contribution in [3.8, 4) is 5.75 Å². The number of methoxy groups -OCH3 is 1. The van der Waals surface area contributed by atoms with E-state index in [1.165, 1.54) is 6.92 Å². The topological polar surface area (TPSA) is 50.7 Å². The number of nitrogens with one attached hydrogen (secondary N) is 1. The molecule has 0 aromatic heterocycles. The molecule has 0 heterocycles. The zero-order chi connectivity index (χ0) is 24.5. The summed E-state index contributed by atoms with van der Waals surface area (Å²) in [6, 6.07) is 3.36. The molecule has 1 aromatic rings. The van der Waals surface area contributed by atoms with Crippen LogP contribution in [0.3, 0.4) is 0 Å². The van der Waals surface area contributed by atoms with E-state index in [0.29, 0.717) is 0 Å². The van der Waals surface area contributed by atoms with Crippen LogP contribution in [0, 0.1) is 0 Å². The van der Waals surface area contributed by atoms with E-state index < -0.39 is 52.1 Å². The van der Waals surface area contributed by atoms with Crippen molar-refractivity contribution in [2.24, 2.45) is 0 Å². The van der Waals surface area contributed by atoms with Crippen molar-refractivity contribution in [3.05, 3.63) is 29.8 Å². The third kappa shape index (κ3) is 7.15. The maximum Gasteiger partial charge on any atom is 0.119 e. The fourth-order valence-corrected chi connectivity index (χ4v) is 1.16. The van der Waals surface area contributed by atoms with E-state index in [-0.39, 0.29) is 11.3 Å². The number of aliphatic hydroxyl groups is 1. The van der Waals surface area contributed by atoms with Crippen LogP contribution in [0.1, 0.15) is 35.8 Å². The molecule has 0 aliphatic rings. The molecular formula is C15H25NO3. The first-order valence-corrected chi connectivity index (χ1v) is 5.60. The first-order valence-electron chi connectivity index (χ1n) is 11.6. The Morgan fingerprint density at radius 2 is 2.21 bits per heavy atom. The van der Waals surface area contributed by atoms with E-state index in [1.54, 1.807) is 0 Å². The minimum Gasteiger partial charge on any atom is -0.491 e. The molecule has 0 spiro atoms. The lowest BCUT2D eigenvalue weighted by atomic mass is 10.1. The molecule has 0 bridgehead atoms. The highest BCUT2D eigenvalue weighted by molar-refractivity contribution is 5.27. The van der Waals surface area contributed by atoms with Gasteiger partial charge in [0.25, 0.3) is 0 Å². The molecule has 0 aliphatic carbocycles. The van der Waals surface area contributed by atoms with Gasteiger partial charge in [0.15, 0.2) is 0 Å². The zero-order valence-electron chi connectivity index (χ0n) is 22.4. The van der Waals surface area contributed by atoms with Gasteiger partial charge in [-0.15, -0.1) is 0 Å². The van der Waals surface area contributed by atoms with E-state index in [1.807, 2.05) is 0 Å². The van der Waals surface area contributed by atoms with Crippen LogP contribution >= 0.6 is 0 Å². The predicted molar refractivity (Wildman–Crippen MR) is 76.7 cm³/mol. The van der Waals surface area contributed by atoms with Gasteiger partial charge < -0.3 is 19.9 Å². The third-order valence-electron chi connectivity index (χ3n) is 2.03. The monoisotopic (exact) mass is 279 g/mol. The normalized spacial score (nSPS) is 27.1. The summed E-state index contributed by atoms with van der Waals surface area (Å²) in [5.74, 6) is -0.134. The second-order valence-corrected chi connectivity index (χ2v) is 3.72. The first kappa shape index (κ1) is 5.72. The van der Waals surface area contributed by atoms with Gasteiger partial charge in [-0.05, 0) is 24.1 Å². The highest BCUT2D eigenvalue weighted by atomic mass is 16.5. The summed E-state index contributed by atoms with van der Waals surface area (Å²) in [5.41, 5.74) is -0.289. The Hall–Kier alpha value is -1.10. The van der Waals surface area contributed by atoms with Crippen molar-refractivity contribution in [3.63, 3.8) is 0 Å². The van der Waals surface area contributed by atoms with Gasteiger partial charge >= 0.3 is 0 Å². The van der Waals surface area contributed by atoms with Crippen LogP contribution < -0.4 is 10.1 Å². The lowest BCUT2D eigenvalue weighted by molar-refractivity contribution is 0.104. The number of aryl methyl sites for hydroxylation is 1. The average molecular weight is 279 g/mol. The van der Waals surface area contributed by atoms with Gasteiger partial charge in [0.2, 0.25) is 0 Å². The fourth-order valence-electron chi connectivity index (χ4n) is 1.16. The quantitative estimate of drug-likeness (QED) is 0.721. The summed E-state index contributed by atoms with van der Waals surface area (Å²) < 4.78 is 98.8. The molecule has 2 unspecified atom stereocenters. The third-order valence-corrected chi connectivity index (χ3v) is 2.03. The molecule has 108 valence electrons. The van der Waals surface area contributed by atoms with Crippen molar-refractivity contribution in [1.82, 2.24) is 5.32 Å². The minimum atomic E-state index is -3.20. The SMILES string of the molecule is [2H]C([2H])([2H])OC([2H])([2H])C([2H])([2H])c1ccc(OC([2H])([2H])C(O)CNC(C)C([2H])([2H])[2H])cc1. The summed E-state index contributed by atoms with van der Waals surface area (Å²) in [7, 11) is -3.17. The molecule has 0 aliphatic heterocycles. The molecule has 4 nitrogen and oxygen atoms in total. The maximum atomic E-state index is 10.0. The molecule has 1 aromatic carbocycles. The van der Waals surface area contributed by atoms with Crippen molar-refractivity contribution >= 4 is 0 Å². The summed E-state index contributed by atoms with van der Waals surface area (Å²) in [4.78, 5) is 0. The molecule has 0 radical (unpaired) electrons. The van der Waals surface area contributed by atoms with Gasteiger partial charge in [-0.3, -0.25) is 0 Å². The number of aliphatic hydroxyl groups excluding tert-OH is 1. The van der Waals surface area contributed by atoms with Gasteiger partial charge in [0.1, 0.15) is 18.4 Å². The van der Waals surface area contributed by atoms with Crippen molar-refractivity contribution in [2.45, 2.75) is 32.3 Å². The predicted octanol–water partition coefficient (Wildman–Crippen LogP) is 1.61.